The minimum atomic E-state index is -3.62. The molecule has 0 bridgehead atoms. The second-order valence-electron chi connectivity index (χ2n) is 4.37. The highest BCUT2D eigenvalue weighted by Crippen LogP contribution is 2.25. The maximum Gasteiger partial charge on any atom is 0.245 e. The van der Waals surface area contributed by atoms with Crippen LogP contribution in [0.4, 0.5) is 0 Å². The van der Waals surface area contributed by atoms with Gasteiger partial charge in [0.1, 0.15) is 10.7 Å². The van der Waals surface area contributed by atoms with Crippen LogP contribution in [-0.2, 0) is 21.3 Å². The van der Waals surface area contributed by atoms with Crippen LogP contribution in [0.25, 0.3) is 0 Å². The number of nitrogens with one attached hydrogen (secondary N) is 1. The highest BCUT2D eigenvalue weighted by Gasteiger charge is 2.21. The minimum absolute atomic E-state index is 0.0474. The van der Waals surface area contributed by atoms with Gasteiger partial charge < -0.3 is 19.8 Å². The normalized spacial score (nSPS) is 12.2. The molecule has 3 N–H and O–H groups in total. The van der Waals surface area contributed by atoms with E-state index < -0.39 is 10.0 Å². The van der Waals surface area contributed by atoms with Crippen molar-refractivity contribution in [2.45, 2.75) is 11.4 Å². The van der Waals surface area contributed by atoms with Crippen molar-refractivity contribution in [2.24, 2.45) is 5.73 Å². The van der Waals surface area contributed by atoms with Gasteiger partial charge in [-0.1, -0.05) is 0 Å². The Morgan fingerprint density at radius 1 is 1.45 bits per heavy atom. The fraction of sp³-hybridized carbons (Fsp3) is 0.636. The van der Waals surface area contributed by atoms with Crippen molar-refractivity contribution in [3.05, 3.63) is 16.5 Å². The van der Waals surface area contributed by atoms with Gasteiger partial charge in [0.05, 0.1) is 19.8 Å². The average Bonchev–Trinajstić information content (AvgIpc) is 2.75. The Labute approximate surface area is 127 Å². The number of hydrogen-bond acceptors (Lipinski definition) is 6. The zero-order chi connectivity index (χ0) is 15.2. The summed E-state index contributed by atoms with van der Waals surface area (Å²) in [6, 6.07) is 1.40. The monoisotopic (exact) mass is 369 g/mol. The number of hydrogen-bond donors (Lipinski definition) is 2. The van der Waals surface area contributed by atoms with Gasteiger partial charge in [0.25, 0.3) is 0 Å². The van der Waals surface area contributed by atoms with Gasteiger partial charge >= 0.3 is 0 Å². The molecular formula is C11H20BrN3O4S. The lowest BCUT2D eigenvalue weighted by Crippen LogP contribution is -2.28. The molecule has 1 rings (SSSR count). The average molecular weight is 370 g/mol. The molecule has 1 aromatic heterocycles. The lowest BCUT2D eigenvalue weighted by molar-refractivity contribution is 0.122. The Balaban J connectivity index is 2.43. The molecule has 0 fully saturated rings. The Bertz CT molecular complexity index is 516. The Kier molecular flexibility index (Phi) is 7.13. The van der Waals surface area contributed by atoms with E-state index in [2.05, 4.69) is 20.7 Å². The second kappa shape index (κ2) is 8.11. The number of likely N-dealkylation sites (N-methyl/N-ethyl adjacent to an activating group) is 1. The van der Waals surface area contributed by atoms with E-state index in [-0.39, 0.29) is 22.7 Å². The van der Waals surface area contributed by atoms with Crippen molar-refractivity contribution in [1.82, 2.24) is 9.62 Å². The van der Waals surface area contributed by atoms with Crippen LogP contribution < -0.4 is 10.5 Å². The van der Waals surface area contributed by atoms with Gasteiger partial charge in [-0.05, 0) is 30.0 Å². The van der Waals surface area contributed by atoms with Crippen LogP contribution in [0.15, 0.2) is 20.0 Å². The summed E-state index contributed by atoms with van der Waals surface area (Å²) < 4.78 is 37.1. The highest BCUT2D eigenvalue weighted by atomic mass is 79.9. The van der Waals surface area contributed by atoms with Crippen molar-refractivity contribution in [1.29, 1.82) is 0 Å². The molecule has 1 heterocycles. The number of nitrogens with zero attached hydrogens (tertiary/aromatic N) is 1. The van der Waals surface area contributed by atoms with Crippen LogP contribution in [0.1, 0.15) is 5.76 Å². The summed E-state index contributed by atoms with van der Waals surface area (Å²) in [5, 5.41) is 0. The summed E-state index contributed by atoms with van der Waals surface area (Å²) in [5.74, 6) is 0.402. The molecule has 20 heavy (non-hydrogen) atoms. The quantitative estimate of drug-likeness (QED) is 0.609. The maximum atomic E-state index is 12.0. The van der Waals surface area contributed by atoms with Gasteiger partial charge in [0, 0.05) is 19.2 Å². The van der Waals surface area contributed by atoms with Crippen LogP contribution >= 0.6 is 15.9 Å². The number of furan rings is 1. The Morgan fingerprint density at radius 2 is 2.15 bits per heavy atom. The third-order valence-corrected chi connectivity index (χ3v) is 4.74. The first-order valence-electron chi connectivity index (χ1n) is 6.07. The molecule has 7 nitrogen and oxygen atoms in total. The number of rotatable bonds is 9. The van der Waals surface area contributed by atoms with Crippen LogP contribution in [0.5, 0.6) is 0 Å². The molecule has 0 unspecified atom stereocenters. The van der Waals surface area contributed by atoms with Crippen LogP contribution in [0.2, 0.25) is 0 Å². The van der Waals surface area contributed by atoms with E-state index in [1.54, 1.807) is 0 Å². The third-order valence-electron chi connectivity index (χ3n) is 2.42. The van der Waals surface area contributed by atoms with Gasteiger partial charge in [0.2, 0.25) is 10.0 Å². The van der Waals surface area contributed by atoms with E-state index in [4.69, 9.17) is 14.9 Å². The van der Waals surface area contributed by atoms with E-state index in [1.165, 1.54) is 6.07 Å². The SMILES string of the molecule is CN(C)CCOCCNS(=O)(=O)c1cc(CN)oc1Br. The van der Waals surface area contributed by atoms with E-state index in [0.717, 1.165) is 6.54 Å². The van der Waals surface area contributed by atoms with E-state index in [0.29, 0.717) is 19.0 Å². The number of nitrogens with two attached hydrogens (primary N) is 1. The second-order valence-corrected chi connectivity index (χ2v) is 6.82. The smallest absolute Gasteiger partial charge is 0.245 e. The number of halogens is 1. The summed E-state index contributed by atoms with van der Waals surface area (Å²) in [6.07, 6.45) is 0. The van der Waals surface area contributed by atoms with Gasteiger partial charge in [-0.2, -0.15) is 0 Å². The van der Waals surface area contributed by atoms with Crippen molar-refractivity contribution < 1.29 is 17.6 Å². The molecule has 116 valence electrons. The van der Waals surface area contributed by atoms with E-state index >= 15 is 0 Å². The first kappa shape index (κ1) is 17.6. The zero-order valence-electron chi connectivity index (χ0n) is 11.6. The van der Waals surface area contributed by atoms with Crippen LogP contribution in [0, 0.1) is 0 Å². The standard InChI is InChI=1S/C11H20BrN3O4S/c1-15(2)4-6-18-5-3-14-20(16,17)10-7-9(8-13)19-11(10)12/h7,14H,3-6,8,13H2,1-2H3. The van der Waals surface area contributed by atoms with Crippen molar-refractivity contribution in [3.63, 3.8) is 0 Å². The predicted octanol–water partition coefficient (Wildman–Crippen LogP) is 0.357. The van der Waals surface area contributed by atoms with Crippen molar-refractivity contribution in [3.8, 4) is 0 Å². The summed E-state index contributed by atoms with van der Waals surface area (Å²) in [4.78, 5) is 2.03. The molecule has 0 aliphatic carbocycles. The molecule has 0 aliphatic rings. The van der Waals surface area contributed by atoms with Crippen molar-refractivity contribution >= 4 is 26.0 Å². The lowest BCUT2D eigenvalue weighted by Gasteiger charge is -2.10. The van der Waals surface area contributed by atoms with Crippen LogP contribution in [0.3, 0.4) is 0 Å². The fourth-order valence-corrected chi connectivity index (χ4v) is 3.37. The molecule has 0 saturated heterocycles. The van der Waals surface area contributed by atoms with E-state index in [1.807, 2.05) is 19.0 Å². The molecule has 0 aromatic carbocycles. The zero-order valence-corrected chi connectivity index (χ0v) is 14.0. The number of ether oxygens (including phenoxy) is 1. The van der Waals surface area contributed by atoms with Gasteiger partial charge in [-0.15, -0.1) is 0 Å². The van der Waals surface area contributed by atoms with Gasteiger partial charge in [-0.25, -0.2) is 13.1 Å². The summed E-state index contributed by atoms with van der Waals surface area (Å²) >= 11 is 3.07. The minimum Gasteiger partial charge on any atom is -0.452 e. The molecule has 0 spiro atoms. The lowest BCUT2D eigenvalue weighted by atomic mass is 10.5. The Hall–Kier alpha value is -0.450. The molecule has 9 heteroatoms. The Morgan fingerprint density at radius 3 is 2.70 bits per heavy atom. The summed E-state index contributed by atoms with van der Waals surface area (Å²) in [7, 11) is 0.264. The first-order valence-corrected chi connectivity index (χ1v) is 8.35. The predicted molar refractivity (Wildman–Crippen MR) is 78.9 cm³/mol. The van der Waals surface area contributed by atoms with Crippen molar-refractivity contribution in [2.75, 3.05) is 40.4 Å². The van der Waals surface area contributed by atoms with Crippen LogP contribution in [-0.4, -0.2) is 53.7 Å². The molecule has 0 atom stereocenters. The molecule has 0 radical (unpaired) electrons. The largest absolute Gasteiger partial charge is 0.452 e. The van der Waals surface area contributed by atoms with Gasteiger partial charge in [-0.3, -0.25) is 0 Å². The number of sulfonamides is 1. The topological polar surface area (TPSA) is 97.8 Å². The molecule has 0 amide bonds. The third kappa shape index (κ3) is 5.51. The molecule has 1 aromatic rings. The van der Waals surface area contributed by atoms with E-state index in [9.17, 15) is 8.42 Å². The maximum absolute atomic E-state index is 12.0. The molecule has 0 saturated carbocycles. The highest BCUT2D eigenvalue weighted by molar-refractivity contribution is 9.10. The fourth-order valence-electron chi connectivity index (χ4n) is 1.36. The summed E-state index contributed by atoms with van der Waals surface area (Å²) in [5.41, 5.74) is 5.40. The molecule has 0 aliphatic heterocycles. The molecular weight excluding hydrogens is 350 g/mol. The van der Waals surface area contributed by atoms with Gasteiger partial charge in [0.15, 0.2) is 4.67 Å². The summed E-state index contributed by atoms with van der Waals surface area (Å²) in [6.45, 7) is 2.00. The first-order chi connectivity index (χ1) is 9.36.